The SMILES string of the molecule is O=C1CC2C=CC(C2)CC1O. The summed E-state index contributed by atoms with van der Waals surface area (Å²) in [6, 6.07) is 0. The molecular weight excluding hydrogens is 140 g/mol. The average molecular weight is 152 g/mol. The number of carbonyl (C=O) groups excluding carboxylic acids is 1. The van der Waals surface area contributed by atoms with Crippen molar-refractivity contribution in [3.8, 4) is 0 Å². The Morgan fingerprint density at radius 2 is 2.00 bits per heavy atom. The molecule has 2 nitrogen and oxygen atoms in total. The topological polar surface area (TPSA) is 37.3 Å². The molecule has 2 aliphatic rings. The minimum absolute atomic E-state index is 0.0295. The van der Waals surface area contributed by atoms with E-state index in [1.54, 1.807) is 0 Å². The van der Waals surface area contributed by atoms with Crippen molar-refractivity contribution in [1.82, 2.24) is 0 Å². The maximum Gasteiger partial charge on any atom is 0.161 e. The van der Waals surface area contributed by atoms with E-state index in [-0.39, 0.29) is 5.78 Å². The number of carbonyl (C=O) groups is 1. The first kappa shape index (κ1) is 7.04. The normalized spacial score (nSPS) is 42.6. The molecule has 3 unspecified atom stereocenters. The van der Waals surface area contributed by atoms with Gasteiger partial charge in [0.2, 0.25) is 0 Å². The number of hydrogen-bond acceptors (Lipinski definition) is 2. The van der Waals surface area contributed by atoms with Gasteiger partial charge in [0.25, 0.3) is 0 Å². The van der Waals surface area contributed by atoms with Crippen molar-refractivity contribution >= 4 is 5.78 Å². The Morgan fingerprint density at radius 1 is 1.27 bits per heavy atom. The summed E-state index contributed by atoms with van der Waals surface area (Å²) in [7, 11) is 0. The van der Waals surface area contributed by atoms with Gasteiger partial charge in [-0.25, -0.2) is 0 Å². The molecule has 2 heteroatoms. The van der Waals surface area contributed by atoms with Crippen molar-refractivity contribution in [1.29, 1.82) is 0 Å². The highest BCUT2D eigenvalue weighted by atomic mass is 16.3. The predicted octanol–water partition coefficient (Wildman–Crippen LogP) is 0.902. The lowest BCUT2D eigenvalue weighted by molar-refractivity contribution is -0.127. The van der Waals surface area contributed by atoms with Crippen LogP contribution in [0.5, 0.6) is 0 Å². The first-order chi connectivity index (χ1) is 5.25. The zero-order valence-corrected chi connectivity index (χ0v) is 6.36. The van der Waals surface area contributed by atoms with Crippen LogP contribution in [0.2, 0.25) is 0 Å². The third-order valence-electron chi connectivity index (χ3n) is 2.62. The van der Waals surface area contributed by atoms with Crippen LogP contribution in [0.25, 0.3) is 0 Å². The Bertz CT molecular complexity index is 208. The molecule has 1 N–H and O–H groups in total. The molecule has 3 atom stereocenters. The van der Waals surface area contributed by atoms with E-state index < -0.39 is 6.10 Å². The smallest absolute Gasteiger partial charge is 0.161 e. The third kappa shape index (κ3) is 1.23. The van der Waals surface area contributed by atoms with Gasteiger partial charge in [-0.3, -0.25) is 4.79 Å². The van der Waals surface area contributed by atoms with E-state index in [0.717, 1.165) is 6.42 Å². The van der Waals surface area contributed by atoms with Gasteiger partial charge >= 0.3 is 0 Å². The molecular formula is C9H12O2. The lowest BCUT2D eigenvalue weighted by Gasteiger charge is -2.08. The predicted molar refractivity (Wildman–Crippen MR) is 41.0 cm³/mol. The molecule has 1 saturated carbocycles. The van der Waals surface area contributed by atoms with E-state index in [9.17, 15) is 9.90 Å². The first-order valence-corrected chi connectivity index (χ1v) is 4.15. The van der Waals surface area contributed by atoms with Gasteiger partial charge in [0.1, 0.15) is 6.10 Å². The Morgan fingerprint density at radius 3 is 2.82 bits per heavy atom. The second kappa shape index (κ2) is 2.45. The monoisotopic (exact) mass is 152 g/mol. The second-order valence-corrected chi connectivity index (χ2v) is 3.56. The molecule has 0 saturated heterocycles. The zero-order valence-electron chi connectivity index (χ0n) is 6.36. The Labute approximate surface area is 65.9 Å². The van der Waals surface area contributed by atoms with E-state index in [1.165, 1.54) is 0 Å². The van der Waals surface area contributed by atoms with Crippen LogP contribution in [0.4, 0.5) is 0 Å². The van der Waals surface area contributed by atoms with Crippen molar-refractivity contribution in [2.24, 2.45) is 11.8 Å². The van der Waals surface area contributed by atoms with Gasteiger partial charge in [-0.05, 0) is 24.7 Å². The van der Waals surface area contributed by atoms with E-state index in [4.69, 9.17) is 0 Å². The van der Waals surface area contributed by atoms with Gasteiger partial charge in [0.05, 0.1) is 0 Å². The summed E-state index contributed by atoms with van der Waals surface area (Å²) in [4.78, 5) is 11.1. The van der Waals surface area contributed by atoms with Crippen LogP contribution in [0.15, 0.2) is 12.2 Å². The molecule has 60 valence electrons. The molecule has 2 aliphatic carbocycles. The number of ketones is 1. The number of Topliss-reactive ketones (excluding diaryl/α,β-unsaturated/α-hetero) is 1. The molecule has 2 bridgehead atoms. The van der Waals surface area contributed by atoms with E-state index in [1.807, 2.05) is 0 Å². The largest absolute Gasteiger partial charge is 0.385 e. The maximum atomic E-state index is 11.1. The molecule has 11 heavy (non-hydrogen) atoms. The quantitative estimate of drug-likeness (QED) is 0.524. The zero-order chi connectivity index (χ0) is 7.84. The minimum atomic E-state index is -0.685. The van der Waals surface area contributed by atoms with Crippen LogP contribution in [0.3, 0.4) is 0 Å². The number of hydrogen-bond donors (Lipinski definition) is 1. The summed E-state index contributed by atoms with van der Waals surface area (Å²) >= 11 is 0. The fraction of sp³-hybridized carbons (Fsp3) is 0.667. The lowest BCUT2D eigenvalue weighted by Crippen LogP contribution is -2.21. The fourth-order valence-electron chi connectivity index (χ4n) is 2.00. The summed E-state index contributed by atoms with van der Waals surface area (Å²) in [5.74, 6) is 0.910. The number of aliphatic hydroxyl groups excluding tert-OH is 1. The summed E-state index contributed by atoms with van der Waals surface area (Å²) in [6.07, 6.45) is 5.84. The highest BCUT2D eigenvalue weighted by Gasteiger charge is 2.30. The average Bonchev–Trinajstić information content (AvgIpc) is 2.30. The van der Waals surface area contributed by atoms with Crippen LogP contribution >= 0.6 is 0 Å². The number of allylic oxidation sites excluding steroid dienone is 2. The van der Waals surface area contributed by atoms with E-state index >= 15 is 0 Å². The molecule has 0 spiro atoms. The minimum Gasteiger partial charge on any atom is -0.385 e. The van der Waals surface area contributed by atoms with Gasteiger partial charge < -0.3 is 5.11 Å². The molecule has 2 rings (SSSR count). The second-order valence-electron chi connectivity index (χ2n) is 3.56. The number of rotatable bonds is 0. The van der Waals surface area contributed by atoms with Crippen LogP contribution < -0.4 is 0 Å². The van der Waals surface area contributed by atoms with Crippen molar-refractivity contribution < 1.29 is 9.90 Å². The molecule has 0 aromatic heterocycles. The molecule has 0 heterocycles. The van der Waals surface area contributed by atoms with Gasteiger partial charge in [-0.2, -0.15) is 0 Å². The summed E-state index contributed by atoms with van der Waals surface area (Å²) in [6.45, 7) is 0. The summed E-state index contributed by atoms with van der Waals surface area (Å²) < 4.78 is 0. The van der Waals surface area contributed by atoms with Crippen molar-refractivity contribution in [2.75, 3.05) is 0 Å². The highest BCUT2D eigenvalue weighted by Crippen LogP contribution is 2.33. The van der Waals surface area contributed by atoms with Crippen molar-refractivity contribution in [3.05, 3.63) is 12.2 Å². The highest BCUT2D eigenvalue weighted by molar-refractivity contribution is 5.83. The molecule has 0 aromatic carbocycles. The molecule has 0 amide bonds. The maximum absolute atomic E-state index is 11.1. The first-order valence-electron chi connectivity index (χ1n) is 4.15. The standard InChI is InChI=1S/C9H12O2/c10-8-4-6-1-2-7(3-6)5-9(8)11/h1-2,6-8,10H,3-5H2. The van der Waals surface area contributed by atoms with Crippen molar-refractivity contribution in [2.45, 2.75) is 25.4 Å². The molecule has 0 radical (unpaired) electrons. The van der Waals surface area contributed by atoms with Gasteiger partial charge in [0, 0.05) is 6.42 Å². The molecule has 1 fully saturated rings. The number of fused-ring (bicyclic) bond motifs is 2. The van der Waals surface area contributed by atoms with Gasteiger partial charge in [-0.15, -0.1) is 0 Å². The Balaban J connectivity index is 2.17. The van der Waals surface area contributed by atoms with Crippen LogP contribution in [0.1, 0.15) is 19.3 Å². The van der Waals surface area contributed by atoms with Gasteiger partial charge in [-0.1, -0.05) is 12.2 Å². The molecule has 0 aromatic rings. The van der Waals surface area contributed by atoms with Gasteiger partial charge in [0.15, 0.2) is 5.78 Å². The third-order valence-corrected chi connectivity index (χ3v) is 2.62. The Kier molecular flexibility index (Phi) is 1.57. The summed E-state index contributed by atoms with van der Waals surface area (Å²) in [5.41, 5.74) is 0. The van der Waals surface area contributed by atoms with Crippen LogP contribution in [-0.4, -0.2) is 17.0 Å². The van der Waals surface area contributed by atoms with E-state index in [0.29, 0.717) is 24.7 Å². The van der Waals surface area contributed by atoms with Crippen molar-refractivity contribution in [3.63, 3.8) is 0 Å². The Hall–Kier alpha value is -0.630. The fourth-order valence-corrected chi connectivity index (χ4v) is 2.00. The van der Waals surface area contributed by atoms with E-state index in [2.05, 4.69) is 12.2 Å². The molecule has 0 aliphatic heterocycles. The lowest BCUT2D eigenvalue weighted by atomic mass is 10.0. The van der Waals surface area contributed by atoms with Crippen LogP contribution in [-0.2, 0) is 4.79 Å². The number of aliphatic hydroxyl groups is 1. The van der Waals surface area contributed by atoms with Crippen LogP contribution in [0, 0.1) is 11.8 Å². The summed E-state index contributed by atoms with van der Waals surface area (Å²) in [5, 5.41) is 9.30.